The fourth-order valence-electron chi connectivity index (χ4n) is 5.25. The van der Waals surface area contributed by atoms with E-state index in [0.29, 0.717) is 41.3 Å². The largest absolute Gasteiger partial charge is 0.495 e. The van der Waals surface area contributed by atoms with Gasteiger partial charge in [0, 0.05) is 56.1 Å². The summed E-state index contributed by atoms with van der Waals surface area (Å²) in [4.78, 5) is 26.4. The molecule has 1 fully saturated rings. The van der Waals surface area contributed by atoms with Crippen LogP contribution in [0.5, 0.6) is 17.2 Å². The van der Waals surface area contributed by atoms with Gasteiger partial charge in [-0.25, -0.2) is 4.98 Å². The molecule has 1 saturated heterocycles. The van der Waals surface area contributed by atoms with Gasteiger partial charge in [-0.15, -0.1) is 21.5 Å². The van der Waals surface area contributed by atoms with Crippen LogP contribution in [0.25, 0.3) is 17.1 Å². The van der Waals surface area contributed by atoms with Crippen LogP contribution >= 0.6 is 23.1 Å². The number of para-hydroxylation sites is 2. The lowest BCUT2D eigenvalue weighted by Crippen LogP contribution is -2.48. The molecule has 0 radical (unpaired) electrons. The summed E-state index contributed by atoms with van der Waals surface area (Å²) in [5.74, 6) is 3.50. The number of hydrogen-bond acceptors (Lipinski definition) is 11. The molecule has 7 rings (SSSR count). The van der Waals surface area contributed by atoms with Crippen LogP contribution in [0.4, 0.5) is 0 Å². The monoisotopic (exact) mass is 627 g/mol. The molecule has 5 heterocycles. The second-order valence-corrected chi connectivity index (χ2v) is 12.1. The summed E-state index contributed by atoms with van der Waals surface area (Å²) >= 11 is 3.00. The number of aromatic nitrogens is 5. The number of fused-ring (bicyclic) bond motifs is 1. The predicted molar refractivity (Wildman–Crippen MR) is 167 cm³/mol. The van der Waals surface area contributed by atoms with Crippen LogP contribution in [0.2, 0.25) is 0 Å². The molecule has 0 unspecified atom stereocenters. The zero-order valence-electron chi connectivity index (χ0n) is 24.0. The van der Waals surface area contributed by atoms with Crippen molar-refractivity contribution in [1.29, 1.82) is 0 Å². The van der Waals surface area contributed by atoms with E-state index in [1.807, 2.05) is 63.4 Å². The number of methoxy groups -OCH3 is 1. The highest BCUT2D eigenvalue weighted by Gasteiger charge is 2.25. The quantitative estimate of drug-likeness (QED) is 0.212. The highest BCUT2D eigenvalue weighted by molar-refractivity contribution is 7.98. The van der Waals surface area contributed by atoms with Crippen LogP contribution in [-0.4, -0.2) is 80.5 Å². The van der Waals surface area contributed by atoms with Crippen molar-refractivity contribution in [3.8, 4) is 34.3 Å². The molecule has 0 saturated carbocycles. The summed E-state index contributed by atoms with van der Waals surface area (Å²) in [5, 5.41) is 12.4. The molecule has 0 N–H and O–H groups in total. The SMILES string of the molecule is COc1ccccc1-n1c(SCc2nc(C(=O)N3CCN(Cc4ccc5c(c4)OCO5)CC3)cs2)nnc1-c1ccncc1. The Bertz CT molecular complexity index is 1770. The zero-order valence-corrected chi connectivity index (χ0v) is 25.6. The Kier molecular flexibility index (Phi) is 8.14. The number of hydrogen-bond donors (Lipinski definition) is 0. The van der Waals surface area contributed by atoms with Gasteiger partial charge in [0.25, 0.3) is 5.91 Å². The zero-order chi connectivity index (χ0) is 29.9. The van der Waals surface area contributed by atoms with Gasteiger partial charge in [0.05, 0.1) is 18.6 Å². The summed E-state index contributed by atoms with van der Waals surface area (Å²) in [6, 6.07) is 17.6. The maximum atomic E-state index is 13.3. The van der Waals surface area contributed by atoms with E-state index in [1.54, 1.807) is 19.5 Å². The smallest absolute Gasteiger partial charge is 0.273 e. The first-order valence-electron chi connectivity index (χ1n) is 14.1. The molecule has 44 heavy (non-hydrogen) atoms. The van der Waals surface area contributed by atoms with Crippen molar-refractivity contribution in [2.75, 3.05) is 40.1 Å². The molecule has 13 heteroatoms. The Balaban J connectivity index is 1.00. The molecule has 224 valence electrons. The van der Waals surface area contributed by atoms with Gasteiger partial charge in [-0.05, 0) is 42.0 Å². The Hall–Kier alpha value is -4.46. The number of amides is 1. The average Bonchev–Trinajstić information content (AvgIpc) is 3.84. The number of ether oxygens (including phenoxy) is 3. The number of piperazine rings is 1. The maximum absolute atomic E-state index is 13.3. The van der Waals surface area contributed by atoms with Crippen molar-refractivity contribution < 1.29 is 19.0 Å². The summed E-state index contributed by atoms with van der Waals surface area (Å²) in [6.07, 6.45) is 3.47. The Morgan fingerprint density at radius 3 is 2.66 bits per heavy atom. The molecule has 0 aliphatic carbocycles. The molecular weight excluding hydrogens is 599 g/mol. The van der Waals surface area contributed by atoms with Gasteiger partial charge >= 0.3 is 0 Å². The molecule has 3 aromatic heterocycles. The highest BCUT2D eigenvalue weighted by atomic mass is 32.2. The minimum absolute atomic E-state index is 0.0302. The van der Waals surface area contributed by atoms with Gasteiger partial charge in [0.15, 0.2) is 22.5 Å². The van der Waals surface area contributed by atoms with Crippen molar-refractivity contribution in [2.24, 2.45) is 0 Å². The van der Waals surface area contributed by atoms with Gasteiger partial charge < -0.3 is 19.1 Å². The second-order valence-electron chi connectivity index (χ2n) is 10.2. The van der Waals surface area contributed by atoms with Crippen molar-refractivity contribution in [3.63, 3.8) is 0 Å². The molecule has 2 aliphatic rings. The van der Waals surface area contributed by atoms with E-state index in [4.69, 9.17) is 19.2 Å². The molecule has 1 amide bonds. The van der Waals surface area contributed by atoms with E-state index in [-0.39, 0.29) is 12.7 Å². The fourth-order valence-corrected chi connectivity index (χ4v) is 6.98. The van der Waals surface area contributed by atoms with Crippen molar-refractivity contribution in [3.05, 3.63) is 88.6 Å². The van der Waals surface area contributed by atoms with Crippen molar-refractivity contribution >= 4 is 29.0 Å². The van der Waals surface area contributed by atoms with Crippen LogP contribution in [0.15, 0.2) is 77.5 Å². The van der Waals surface area contributed by atoms with Crippen LogP contribution in [0.1, 0.15) is 21.1 Å². The molecule has 0 bridgehead atoms. The topological polar surface area (TPSA) is 108 Å². The van der Waals surface area contributed by atoms with E-state index in [0.717, 1.165) is 47.4 Å². The normalized spacial score (nSPS) is 14.6. The number of benzene rings is 2. The van der Waals surface area contributed by atoms with E-state index in [9.17, 15) is 4.79 Å². The molecule has 0 atom stereocenters. The van der Waals surface area contributed by atoms with Crippen LogP contribution in [-0.2, 0) is 12.3 Å². The summed E-state index contributed by atoms with van der Waals surface area (Å²) < 4.78 is 18.6. The third kappa shape index (κ3) is 5.85. The summed E-state index contributed by atoms with van der Waals surface area (Å²) in [6.45, 7) is 3.99. The molecule has 0 spiro atoms. The Labute approximate surface area is 262 Å². The summed E-state index contributed by atoms with van der Waals surface area (Å²) in [7, 11) is 1.65. The molecule has 11 nitrogen and oxygen atoms in total. The van der Waals surface area contributed by atoms with Crippen LogP contribution in [0, 0.1) is 0 Å². The van der Waals surface area contributed by atoms with Gasteiger partial charge in [-0.1, -0.05) is 30.0 Å². The van der Waals surface area contributed by atoms with Crippen molar-refractivity contribution in [2.45, 2.75) is 17.5 Å². The predicted octanol–water partition coefficient (Wildman–Crippen LogP) is 4.77. The number of carbonyl (C=O) groups excluding carboxylic acids is 1. The number of carbonyl (C=O) groups is 1. The second kappa shape index (κ2) is 12.6. The molecular formula is C31H29N7O4S2. The maximum Gasteiger partial charge on any atom is 0.273 e. The Morgan fingerprint density at radius 2 is 1.82 bits per heavy atom. The first kappa shape index (κ1) is 28.3. The van der Waals surface area contributed by atoms with E-state index >= 15 is 0 Å². The number of pyridine rings is 1. The standard InChI is InChI=1S/C31H29N7O4S2/c1-40-25-5-3-2-4-24(25)38-29(22-8-10-32-11-9-22)34-35-31(38)44-19-28-33-23(18-43-28)30(39)37-14-12-36(13-15-37)17-21-6-7-26-27(16-21)42-20-41-26/h2-11,16,18H,12-15,17,19-20H2,1H3. The van der Waals surface area contributed by atoms with Crippen molar-refractivity contribution in [1.82, 2.24) is 34.5 Å². The van der Waals surface area contributed by atoms with E-state index in [1.165, 1.54) is 28.7 Å². The molecule has 5 aromatic rings. The lowest BCUT2D eigenvalue weighted by atomic mass is 10.1. The minimum atomic E-state index is -0.0302. The number of nitrogens with zero attached hydrogens (tertiary/aromatic N) is 7. The highest BCUT2D eigenvalue weighted by Crippen LogP contribution is 2.35. The molecule has 2 aliphatic heterocycles. The van der Waals surface area contributed by atoms with Gasteiger partial charge in [0.2, 0.25) is 6.79 Å². The number of rotatable bonds is 9. The lowest BCUT2D eigenvalue weighted by molar-refractivity contribution is 0.0623. The third-order valence-electron chi connectivity index (χ3n) is 7.50. The molecule has 2 aromatic carbocycles. The van der Waals surface area contributed by atoms with Gasteiger partial charge in [-0.2, -0.15) is 0 Å². The van der Waals surface area contributed by atoms with Crippen LogP contribution < -0.4 is 14.2 Å². The fraction of sp³-hybridized carbons (Fsp3) is 0.258. The van der Waals surface area contributed by atoms with Crippen LogP contribution in [0.3, 0.4) is 0 Å². The van der Waals surface area contributed by atoms with E-state index in [2.05, 4.69) is 26.1 Å². The average molecular weight is 628 g/mol. The number of thioether (sulfide) groups is 1. The first-order chi connectivity index (χ1) is 21.7. The minimum Gasteiger partial charge on any atom is -0.495 e. The lowest BCUT2D eigenvalue weighted by Gasteiger charge is -2.34. The van der Waals surface area contributed by atoms with Gasteiger partial charge in [0.1, 0.15) is 16.5 Å². The Morgan fingerprint density at radius 1 is 1.00 bits per heavy atom. The first-order valence-corrected chi connectivity index (χ1v) is 16.0. The van der Waals surface area contributed by atoms with Gasteiger partial charge in [-0.3, -0.25) is 19.2 Å². The third-order valence-corrected chi connectivity index (χ3v) is 9.47. The van der Waals surface area contributed by atoms with E-state index < -0.39 is 0 Å². The number of thiazole rings is 1. The summed E-state index contributed by atoms with van der Waals surface area (Å²) in [5.41, 5.74) is 3.38.